The van der Waals surface area contributed by atoms with E-state index in [1.807, 2.05) is 0 Å². The van der Waals surface area contributed by atoms with Gasteiger partial charge in [-0.3, -0.25) is 10.2 Å². The number of hydroxylamine groups is 1. The third kappa shape index (κ3) is 5.15. The Morgan fingerprint density at radius 2 is 1.87 bits per heavy atom. The molecule has 8 heteroatoms. The molecule has 0 aromatic carbocycles. The molecule has 5 aliphatic rings. The zero-order valence-electron chi connectivity index (χ0n) is 18.4. The largest absolute Gasteiger partial charge is 0.379 e. The van der Waals surface area contributed by atoms with Crippen LogP contribution in [0.2, 0.25) is 0 Å². The molecule has 7 nitrogen and oxygen atoms in total. The summed E-state index contributed by atoms with van der Waals surface area (Å²) in [5, 5.41) is 6.82. The maximum Gasteiger partial charge on any atom is 0.183 e. The first-order valence-corrected chi connectivity index (χ1v) is 13.0. The summed E-state index contributed by atoms with van der Waals surface area (Å²) in [6.07, 6.45) is 11.3. The van der Waals surface area contributed by atoms with E-state index in [-0.39, 0.29) is 6.23 Å². The monoisotopic (exact) mass is 443 g/mol. The highest BCUT2D eigenvalue weighted by molar-refractivity contribution is 6.20. The Kier molecular flexibility index (Phi) is 7.50. The smallest absolute Gasteiger partial charge is 0.183 e. The number of nitrogens with one attached hydrogen (secondary N) is 3. The van der Waals surface area contributed by atoms with E-state index in [0.717, 1.165) is 32.2 Å². The zero-order valence-corrected chi connectivity index (χ0v) is 19.1. The van der Waals surface area contributed by atoms with Gasteiger partial charge in [-0.1, -0.05) is 0 Å². The Balaban J connectivity index is 1.08. The van der Waals surface area contributed by atoms with Crippen LogP contribution in [-0.4, -0.2) is 80.8 Å². The van der Waals surface area contributed by atoms with Crippen molar-refractivity contribution in [2.24, 2.45) is 11.8 Å². The molecule has 0 aromatic heterocycles. The second-order valence-corrected chi connectivity index (χ2v) is 10.9. The van der Waals surface area contributed by atoms with Crippen molar-refractivity contribution in [2.45, 2.75) is 81.3 Å². The first-order chi connectivity index (χ1) is 14.8. The lowest BCUT2D eigenvalue weighted by Crippen LogP contribution is -3.15. The van der Waals surface area contributed by atoms with Gasteiger partial charge in [0, 0.05) is 49.6 Å². The number of alkyl halides is 1. The number of halogens is 1. The van der Waals surface area contributed by atoms with Crippen LogP contribution in [0.1, 0.15) is 51.4 Å². The van der Waals surface area contributed by atoms with Gasteiger partial charge in [0.15, 0.2) is 6.23 Å². The number of piperidine rings is 1. The number of nitrogens with two attached hydrogens (primary N) is 1. The molecule has 5 unspecified atom stereocenters. The molecule has 4 saturated heterocycles. The average Bonchev–Trinajstić information content (AvgIpc) is 3.46. The summed E-state index contributed by atoms with van der Waals surface area (Å²) in [5.41, 5.74) is 3.38. The first kappa shape index (κ1) is 21.8. The Morgan fingerprint density at radius 3 is 2.63 bits per heavy atom. The van der Waals surface area contributed by atoms with E-state index < -0.39 is 0 Å². The summed E-state index contributed by atoms with van der Waals surface area (Å²) < 4.78 is 5.51. The molecule has 0 radical (unpaired) electrons. The highest BCUT2D eigenvalue weighted by atomic mass is 35.5. The Labute approximate surface area is 186 Å². The maximum atomic E-state index is 6.32. The van der Waals surface area contributed by atoms with Crippen molar-refractivity contribution in [1.29, 1.82) is 0 Å². The number of likely N-dealkylation sites (tertiary alicyclic amines) is 1. The zero-order chi connectivity index (χ0) is 20.3. The third-order valence-corrected chi connectivity index (χ3v) is 8.86. The molecule has 0 spiro atoms. The molecule has 0 amide bonds. The van der Waals surface area contributed by atoms with Crippen molar-refractivity contribution >= 4 is 11.6 Å². The molecule has 0 aromatic rings. The van der Waals surface area contributed by atoms with E-state index >= 15 is 0 Å². The second kappa shape index (κ2) is 10.3. The minimum Gasteiger partial charge on any atom is -0.379 e. The quantitative estimate of drug-likeness (QED) is 0.421. The van der Waals surface area contributed by atoms with Gasteiger partial charge < -0.3 is 15.0 Å². The molecular weight excluding hydrogens is 402 g/mol. The Hall–Kier alpha value is 0.01000. The van der Waals surface area contributed by atoms with Gasteiger partial charge in [-0.05, 0) is 32.1 Å². The van der Waals surface area contributed by atoms with Gasteiger partial charge in [-0.2, -0.15) is 5.48 Å². The first-order valence-electron chi connectivity index (χ1n) is 12.6. The molecule has 0 bridgehead atoms. The number of quaternary nitrogens is 2. The minimum absolute atomic E-state index is 0.161. The average molecular weight is 444 g/mol. The molecule has 1 saturated carbocycles. The highest BCUT2D eigenvalue weighted by Crippen LogP contribution is 2.27. The van der Waals surface area contributed by atoms with Crippen molar-refractivity contribution < 1.29 is 19.8 Å². The van der Waals surface area contributed by atoms with Crippen LogP contribution in [0.3, 0.4) is 0 Å². The van der Waals surface area contributed by atoms with E-state index in [2.05, 4.69) is 21.0 Å². The van der Waals surface area contributed by atoms with Crippen LogP contribution in [0, 0.1) is 11.8 Å². The number of morpholine rings is 1. The SMILES string of the molecule is ClC1CCC(C[NH+]2CCC[C@H]2C2NC(C3CCC(N4CCOCC4)[NH2+]C3)NO2)CC1. The van der Waals surface area contributed by atoms with Crippen molar-refractivity contribution in [1.82, 2.24) is 15.7 Å². The normalized spacial score (nSPS) is 46.3. The summed E-state index contributed by atoms with van der Waals surface area (Å²) >= 11 is 6.32. The van der Waals surface area contributed by atoms with Crippen LogP contribution < -0.4 is 21.0 Å². The molecule has 4 aliphatic heterocycles. The van der Waals surface area contributed by atoms with Gasteiger partial charge in [0.2, 0.25) is 0 Å². The lowest BCUT2D eigenvalue weighted by atomic mass is 9.88. The van der Waals surface area contributed by atoms with Gasteiger partial charge in [0.1, 0.15) is 12.2 Å². The third-order valence-electron chi connectivity index (χ3n) is 8.43. The van der Waals surface area contributed by atoms with Gasteiger partial charge in [-0.15, -0.1) is 11.6 Å². The number of rotatable bonds is 5. The Morgan fingerprint density at radius 1 is 1.03 bits per heavy atom. The number of ether oxygens (including phenoxy) is 1. The van der Waals surface area contributed by atoms with E-state index in [1.165, 1.54) is 71.0 Å². The minimum atomic E-state index is 0.161. The summed E-state index contributed by atoms with van der Waals surface area (Å²) in [6.45, 7) is 7.74. The maximum absolute atomic E-state index is 6.32. The van der Waals surface area contributed by atoms with Gasteiger partial charge >= 0.3 is 0 Å². The van der Waals surface area contributed by atoms with Gasteiger partial charge in [-0.25, -0.2) is 4.90 Å². The summed E-state index contributed by atoms with van der Waals surface area (Å²) in [6, 6.07) is 0.588. The molecule has 6 atom stereocenters. The fourth-order valence-electron chi connectivity index (χ4n) is 6.57. The van der Waals surface area contributed by atoms with Crippen LogP contribution in [0.4, 0.5) is 0 Å². The molecule has 5 N–H and O–H groups in total. The standard InChI is InChI=1S/C22H40ClN5O2/c23-18-6-3-16(4-7-18)15-28-9-1-2-19(28)22-25-21(26-30-22)17-5-8-20(24-14-17)27-10-12-29-13-11-27/h16-22,24-26H,1-15H2/p+2/t16?,17?,18?,19-,20?,21?,22?/m0/s1. The Bertz CT molecular complexity index is 536. The van der Waals surface area contributed by atoms with Crippen molar-refractivity contribution in [3.63, 3.8) is 0 Å². The fraction of sp³-hybridized carbons (Fsp3) is 1.00. The molecule has 172 valence electrons. The summed E-state index contributed by atoms with van der Waals surface area (Å²) in [4.78, 5) is 10.5. The predicted molar refractivity (Wildman–Crippen MR) is 116 cm³/mol. The van der Waals surface area contributed by atoms with Gasteiger partial charge in [0.05, 0.1) is 39.0 Å². The lowest BCUT2D eigenvalue weighted by Gasteiger charge is -2.37. The van der Waals surface area contributed by atoms with E-state index in [1.54, 1.807) is 4.90 Å². The van der Waals surface area contributed by atoms with E-state index in [4.69, 9.17) is 21.2 Å². The number of nitrogens with zero attached hydrogens (tertiary/aromatic N) is 1. The van der Waals surface area contributed by atoms with Crippen LogP contribution in [-0.2, 0) is 9.57 Å². The molecule has 5 rings (SSSR count). The van der Waals surface area contributed by atoms with Crippen LogP contribution in [0.15, 0.2) is 0 Å². The lowest BCUT2D eigenvalue weighted by molar-refractivity contribution is -0.919. The molecule has 4 heterocycles. The molecular formula is C22H42ClN5O2+2. The topological polar surface area (TPSA) is 66.8 Å². The van der Waals surface area contributed by atoms with Crippen molar-refractivity contribution in [3.05, 3.63) is 0 Å². The predicted octanol–water partition coefficient (Wildman–Crippen LogP) is -0.760. The van der Waals surface area contributed by atoms with Gasteiger partial charge in [0.25, 0.3) is 0 Å². The molecule has 1 aliphatic carbocycles. The summed E-state index contributed by atoms with van der Waals surface area (Å²) in [7, 11) is 0. The number of hydrogen-bond acceptors (Lipinski definition) is 5. The van der Waals surface area contributed by atoms with Crippen molar-refractivity contribution in [3.8, 4) is 0 Å². The number of hydrogen-bond donors (Lipinski definition) is 4. The molecule has 30 heavy (non-hydrogen) atoms. The molecule has 5 fully saturated rings. The highest BCUT2D eigenvalue weighted by Gasteiger charge is 2.44. The second-order valence-electron chi connectivity index (χ2n) is 10.3. The van der Waals surface area contributed by atoms with Crippen LogP contribution >= 0.6 is 11.6 Å². The van der Waals surface area contributed by atoms with Crippen LogP contribution in [0.25, 0.3) is 0 Å². The fourth-order valence-corrected chi connectivity index (χ4v) is 6.82. The van der Waals surface area contributed by atoms with E-state index in [9.17, 15) is 0 Å². The van der Waals surface area contributed by atoms with E-state index in [0.29, 0.717) is 29.7 Å². The summed E-state index contributed by atoms with van der Waals surface area (Å²) in [5.74, 6) is 1.49. The van der Waals surface area contributed by atoms with Crippen molar-refractivity contribution in [2.75, 3.05) is 45.9 Å². The van der Waals surface area contributed by atoms with Crippen LogP contribution in [0.5, 0.6) is 0 Å².